The maximum Gasteiger partial charge on any atom is 0.270 e. The fourth-order valence-corrected chi connectivity index (χ4v) is 4.17. The number of nitrogens with zero attached hydrogens (tertiary/aromatic N) is 3. The summed E-state index contributed by atoms with van der Waals surface area (Å²) in [5.74, 6) is 0.140. The molecular formula is C21H23N3OS. The highest BCUT2D eigenvalue weighted by atomic mass is 32.1. The highest BCUT2D eigenvalue weighted by Crippen LogP contribution is 2.16. The third-order valence-electron chi connectivity index (χ3n) is 4.86. The van der Waals surface area contributed by atoms with E-state index < -0.39 is 0 Å². The molecule has 0 aliphatic carbocycles. The van der Waals surface area contributed by atoms with Crippen LogP contribution in [0.1, 0.15) is 20.9 Å². The van der Waals surface area contributed by atoms with Gasteiger partial charge in [0.25, 0.3) is 5.91 Å². The number of hydrogen-bond acceptors (Lipinski definition) is 3. The second kappa shape index (κ2) is 7.89. The highest BCUT2D eigenvalue weighted by Gasteiger charge is 2.24. The minimum absolute atomic E-state index is 0.140. The average molecular weight is 366 g/mol. The highest BCUT2D eigenvalue weighted by molar-refractivity contribution is 7.09. The molecule has 4 rings (SSSR count). The topological polar surface area (TPSA) is 28.5 Å². The molecule has 4 nitrogen and oxygen atoms in total. The molecule has 0 atom stereocenters. The lowest BCUT2D eigenvalue weighted by Crippen LogP contribution is -2.48. The van der Waals surface area contributed by atoms with E-state index in [4.69, 9.17) is 0 Å². The van der Waals surface area contributed by atoms with E-state index in [0.717, 1.165) is 45.0 Å². The molecule has 1 aromatic carbocycles. The molecular weight excluding hydrogens is 342 g/mol. The summed E-state index contributed by atoms with van der Waals surface area (Å²) in [5, 5.41) is 2.12. The van der Waals surface area contributed by atoms with Crippen molar-refractivity contribution in [1.29, 1.82) is 0 Å². The fraction of sp³-hybridized carbons (Fsp3) is 0.286. The van der Waals surface area contributed by atoms with Gasteiger partial charge in [0, 0.05) is 50.3 Å². The number of rotatable bonds is 5. The number of benzene rings is 1. The van der Waals surface area contributed by atoms with Crippen LogP contribution in [0, 0.1) is 0 Å². The predicted octanol–water partition coefficient (Wildman–Crippen LogP) is 3.56. The van der Waals surface area contributed by atoms with Crippen molar-refractivity contribution in [3.05, 3.63) is 82.3 Å². The van der Waals surface area contributed by atoms with Gasteiger partial charge in [-0.05, 0) is 29.1 Å². The largest absolute Gasteiger partial charge is 0.339 e. The van der Waals surface area contributed by atoms with Gasteiger partial charge in [-0.2, -0.15) is 0 Å². The molecule has 0 bridgehead atoms. The molecule has 0 spiro atoms. The van der Waals surface area contributed by atoms with E-state index in [2.05, 4.69) is 39.1 Å². The zero-order valence-corrected chi connectivity index (χ0v) is 15.6. The lowest BCUT2D eigenvalue weighted by Gasteiger charge is -2.34. The number of piperazine rings is 1. The monoisotopic (exact) mass is 365 g/mol. The quantitative estimate of drug-likeness (QED) is 0.692. The van der Waals surface area contributed by atoms with Gasteiger partial charge in [-0.3, -0.25) is 9.69 Å². The minimum Gasteiger partial charge on any atom is -0.339 e. The molecule has 1 saturated heterocycles. The Morgan fingerprint density at radius 2 is 1.69 bits per heavy atom. The summed E-state index contributed by atoms with van der Waals surface area (Å²) in [6, 6.07) is 18.4. The van der Waals surface area contributed by atoms with Gasteiger partial charge in [-0.25, -0.2) is 0 Å². The van der Waals surface area contributed by atoms with Gasteiger partial charge < -0.3 is 9.47 Å². The van der Waals surface area contributed by atoms with Gasteiger partial charge >= 0.3 is 0 Å². The Labute approximate surface area is 158 Å². The standard InChI is InChI=1S/C21H23N3OS/c25-21(20-9-4-10-24(20)16-18-6-2-1-3-7-18)23-13-11-22(12-14-23)17-19-8-5-15-26-19/h1-10,15H,11-14,16-17H2. The normalized spacial score (nSPS) is 15.3. The van der Waals surface area contributed by atoms with E-state index >= 15 is 0 Å². The van der Waals surface area contributed by atoms with E-state index in [9.17, 15) is 4.79 Å². The van der Waals surface area contributed by atoms with Crippen LogP contribution in [-0.4, -0.2) is 46.5 Å². The third-order valence-corrected chi connectivity index (χ3v) is 5.72. The van der Waals surface area contributed by atoms with Crippen LogP contribution >= 0.6 is 11.3 Å². The first kappa shape index (κ1) is 17.1. The first-order chi connectivity index (χ1) is 12.8. The van der Waals surface area contributed by atoms with Crippen LogP contribution in [0.2, 0.25) is 0 Å². The molecule has 26 heavy (non-hydrogen) atoms. The van der Waals surface area contributed by atoms with Crippen LogP contribution in [0.4, 0.5) is 0 Å². The fourth-order valence-electron chi connectivity index (χ4n) is 3.42. The molecule has 0 N–H and O–H groups in total. The van der Waals surface area contributed by atoms with E-state index in [1.54, 1.807) is 11.3 Å². The molecule has 1 fully saturated rings. The van der Waals surface area contributed by atoms with E-state index in [1.807, 2.05) is 41.4 Å². The Hall–Kier alpha value is -2.37. The SMILES string of the molecule is O=C(c1cccn1Cc1ccccc1)N1CCN(Cc2cccs2)CC1. The Bertz CT molecular complexity index is 833. The smallest absolute Gasteiger partial charge is 0.270 e. The molecule has 1 amide bonds. The van der Waals surface area contributed by atoms with Gasteiger partial charge in [-0.15, -0.1) is 11.3 Å². The maximum absolute atomic E-state index is 13.0. The van der Waals surface area contributed by atoms with Crippen LogP contribution in [0.25, 0.3) is 0 Å². The Kier molecular flexibility index (Phi) is 5.18. The second-order valence-corrected chi connectivity index (χ2v) is 7.69. The Morgan fingerprint density at radius 1 is 0.885 bits per heavy atom. The summed E-state index contributed by atoms with van der Waals surface area (Å²) in [6.07, 6.45) is 1.99. The number of carbonyl (C=O) groups is 1. The van der Waals surface area contributed by atoms with Crippen molar-refractivity contribution in [1.82, 2.24) is 14.4 Å². The molecule has 0 radical (unpaired) electrons. The van der Waals surface area contributed by atoms with E-state index in [0.29, 0.717) is 0 Å². The van der Waals surface area contributed by atoms with Gasteiger partial charge in [0.15, 0.2) is 0 Å². The van der Waals surface area contributed by atoms with Gasteiger partial charge in [0.2, 0.25) is 0 Å². The lowest BCUT2D eigenvalue weighted by atomic mass is 10.2. The van der Waals surface area contributed by atoms with Crippen LogP contribution in [0.3, 0.4) is 0 Å². The molecule has 134 valence electrons. The first-order valence-electron chi connectivity index (χ1n) is 9.03. The second-order valence-electron chi connectivity index (χ2n) is 6.65. The van der Waals surface area contributed by atoms with Gasteiger partial charge in [0.05, 0.1) is 0 Å². The molecule has 1 aliphatic rings. The van der Waals surface area contributed by atoms with E-state index in [-0.39, 0.29) is 5.91 Å². The lowest BCUT2D eigenvalue weighted by molar-refractivity contribution is 0.0619. The summed E-state index contributed by atoms with van der Waals surface area (Å²) in [7, 11) is 0. The zero-order valence-electron chi connectivity index (χ0n) is 14.8. The maximum atomic E-state index is 13.0. The van der Waals surface area contributed by atoms with Crippen molar-refractivity contribution in [3.8, 4) is 0 Å². The molecule has 2 aromatic heterocycles. The van der Waals surface area contributed by atoms with Gasteiger partial charge in [-0.1, -0.05) is 36.4 Å². The molecule has 1 aliphatic heterocycles. The van der Waals surface area contributed by atoms with Crippen molar-refractivity contribution in [2.45, 2.75) is 13.1 Å². The molecule has 0 unspecified atom stereocenters. The third kappa shape index (κ3) is 3.89. The Morgan fingerprint density at radius 3 is 2.42 bits per heavy atom. The Balaban J connectivity index is 1.37. The molecule has 3 heterocycles. The number of hydrogen-bond donors (Lipinski definition) is 0. The van der Waals surface area contributed by atoms with Crippen molar-refractivity contribution in [3.63, 3.8) is 0 Å². The summed E-state index contributed by atoms with van der Waals surface area (Å²) >= 11 is 1.80. The number of thiophene rings is 1. The van der Waals surface area contributed by atoms with Crippen LogP contribution in [-0.2, 0) is 13.1 Å². The van der Waals surface area contributed by atoms with Crippen LogP contribution < -0.4 is 0 Å². The minimum atomic E-state index is 0.140. The summed E-state index contributed by atoms with van der Waals surface area (Å²) < 4.78 is 2.05. The number of aromatic nitrogens is 1. The number of amides is 1. The van der Waals surface area contributed by atoms with Crippen LogP contribution in [0.5, 0.6) is 0 Å². The summed E-state index contributed by atoms with van der Waals surface area (Å²) in [5.41, 5.74) is 1.99. The molecule has 0 saturated carbocycles. The number of carbonyl (C=O) groups excluding carboxylic acids is 1. The van der Waals surface area contributed by atoms with E-state index in [1.165, 1.54) is 10.4 Å². The summed E-state index contributed by atoms with van der Waals surface area (Å²) in [4.78, 5) is 18.8. The van der Waals surface area contributed by atoms with Crippen molar-refractivity contribution >= 4 is 17.2 Å². The van der Waals surface area contributed by atoms with Gasteiger partial charge in [0.1, 0.15) is 5.69 Å². The van der Waals surface area contributed by atoms with Crippen molar-refractivity contribution in [2.24, 2.45) is 0 Å². The summed E-state index contributed by atoms with van der Waals surface area (Å²) in [6.45, 7) is 5.17. The van der Waals surface area contributed by atoms with Crippen molar-refractivity contribution in [2.75, 3.05) is 26.2 Å². The predicted molar refractivity (Wildman–Crippen MR) is 105 cm³/mol. The van der Waals surface area contributed by atoms with Crippen molar-refractivity contribution < 1.29 is 4.79 Å². The zero-order chi connectivity index (χ0) is 17.8. The molecule has 5 heteroatoms. The first-order valence-corrected chi connectivity index (χ1v) is 9.90. The molecule has 3 aromatic rings. The van der Waals surface area contributed by atoms with Crippen LogP contribution in [0.15, 0.2) is 66.2 Å². The average Bonchev–Trinajstić information content (AvgIpc) is 3.35.